The summed E-state index contributed by atoms with van der Waals surface area (Å²) in [5, 5.41) is 3.54. The Morgan fingerprint density at radius 1 is 0.824 bits per heavy atom. The molecule has 1 N–H and O–H groups in total. The molecule has 0 spiro atoms. The van der Waals surface area contributed by atoms with Crippen LogP contribution in [0.15, 0.2) is 24.3 Å². The van der Waals surface area contributed by atoms with Crippen molar-refractivity contribution in [2.45, 2.75) is 58.3 Å². The number of allylic oxidation sites excluding steroid dienone is 2. The molecule has 0 saturated carbocycles. The van der Waals surface area contributed by atoms with Gasteiger partial charge in [-0.3, -0.25) is 0 Å². The quantitative estimate of drug-likeness (QED) is 0.521. The number of unbranched alkanes of at least 4 members (excludes halogenated alkanes) is 7. The second-order valence-electron chi connectivity index (χ2n) is 5.11. The second kappa shape index (κ2) is 10.6. The maximum atomic E-state index is 3.54. The average Bonchev–Trinajstić information content (AvgIpc) is 2.85. The van der Waals surface area contributed by atoms with E-state index >= 15 is 0 Å². The summed E-state index contributed by atoms with van der Waals surface area (Å²) in [5.74, 6) is 0.643. The molecule has 1 aliphatic rings. The molecular formula is C16H29N. The molecule has 0 fully saturated rings. The molecule has 1 heteroatoms. The van der Waals surface area contributed by atoms with Gasteiger partial charge in [-0.05, 0) is 13.0 Å². The van der Waals surface area contributed by atoms with Crippen LogP contribution in [0.5, 0.6) is 0 Å². The van der Waals surface area contributed by atoms with Gasteiger partial charge >= 0.3 is 0 Å². The van der Waals surface area contributed by atoms with Crippen LogP contribution in [0.2, 0.25) is 0 Å². The lowest BCUT2D eigenvalue weighted by Crippen LogP contribution is -2.21. The molecule has 0 radical (unpaired) electrons. The van der Waals surface area contributed by atoms with Crippen molar-refractivity contribution in [1.82, 2.24) is 5.32 Å². The van der Waals surface area contributed by atoms with Crippen LogP contribution in [0.1, 0.15) is 58.3 Å². The van der Waals surface area contributed by atoms with Crippen molar-refractivity contribution in [1.29, 1.82) is 0 Å². The molecule has 98 valence electrons. The Hall–Kier alpha value is -0.560. The summed E-state index contributed by atoms with van der Waals surface area (Å²) < 4.78 is 0. The van der Waals surface area contributed by atoms with E-state index in [0.717, 1.165) is 6.54 Å². The highest BCUT2D eigenvalue weighted by Crippen LogP contribution is 2.09. The lowest BCUT2D eigenvalue weighted by atomic mass is 10.1. The molecule has 1 aliphatic carbocycles. The molecule has 0 unspecified atom stereocenters. The van der Waals surface area contributed by atoms with Gasteiger partial charge in [-0.2, -0.15) is 0 Å². The van der Waals surface area contributed by atoms with Gasteiger partial charge < -0.3 is 5.32 Å². The van der Waals surface area contributed by atoms with Gasteiger partial charge in [0.2, 0.25) is 0 Å². The first kappa shape index (κ1) is 14.5. The van der Waals surface area contributed by atoms with E-state index in [4.69, 9.17) is 0 Å². The van der Waals surface area contributed by atoms with E-state index in [2.05, 4.69) is 36.5 Å². The molecule has 0 aromatic heterocycles. The van der Waals surface area contributed by atoms with Crippen molar-refractivity contribution in [3.63, 3.8) is 0 Å². The van der Waals surface area contributed by atoms with E-state index in [1.54, 1.807) is 0 Å². The maximum Gasteiger partial charge on any atom is 0.00779 e. The summed E-state index contributed by atoms with van der Waals surface area (Å²) in [6.45, 7) is 4.58. The van der Waals surface area contributed by atoms with Gasteiger partial charge in [-0.25, -0.2) is 0 Å². The minimum atomic E-state index is 0.643. The van der Waals surface area contributed by atoms with Crippen molar-refractivity contribution in [3.05, 3.63) is 24.3 Å². The minimum absolute atomic E-state index is 0.643. The summed E-state index contributed by atoms with van der Waals surface area (Å²) in [6.07, 6.45) is 20.1. The molecule has 17 heavy (non-hydrogen) atoms. The molecule has 0 aliphatic heterocycles. The average molecular weight is 235 g/mol. The minimum Gasteiger partial charge on any atom is -0.316 e. The normalized spacial score (nSPS) is 14.9. The van der Waals surface area contributed by atoms with E-state index in [9.17, 15) is 0 Å². The van der Waals surface area contributed by atoms with E-state index < -0.39 is 0 Å². The predicted octanol–water partition coefficient (Wildman–Crippen LogP) is 4.46. The van der Waals surface area contributed by atoms with Crippen LogP contribution < -0.4 is 5.32 Å². The Kier molecular flexibility index (Phi) is 9.03. The smallest absolute Gasteiger partial charge is 0.00779 e. The first-order valence-corrected chi connectivity index (χ1v) is 7.49. The van der Waals surface area contributed by atoms with Gasteiger partial charge in [0.1, 0.15) is 0 Å². The van der Waals surface area contributed by atoms with Crippen molar-refractivity contribution in [3.8, 4) is 0 Å². The van der Waals surface area contributed by atoms with Crippen LogP contribution in [-0.2, 0) is 0 Å². The topological polar surface area (TPSA) is 12.0 Å². The second-order valence-corrected chi connectivity index (χ2v) is 5.11. The van der Waals surface area contributed by atoms with Gasteiger partial charge in [0.05, 0.1) is 0 Å². The zero-order valence-electron chi connectivity index (χ0n) is 11.5. The molecule has 0 amide bonds. The summed E-state index contributed by atoms with van der Waals surface area (Å²) in [7, 11) is 0. The molecule has 1 rings (SSSR count). The lowest BCUT2D eigenvalue weighted by Gasteiger charge is -2.07. The van der Waals surface area contributed by atoms with E-state index in [0.29, 0.717) is 5.92 Å². The fourth-order valence-electron chi connectivity index (χ4n) is 2.27. The zero-order valence-corrected chi connectivity index (χ0v) is 11.5. The molecule has 0 heterocycles. The van der Waals surface area contributed by atoms with Crippen molar-refractivity contribution < 1.29 is 0 Å². The fourth-order valence-corrected chi connectivity index (χ4v) is 2.27. The lowest BCUT2D eigenvalue weighted by molar-refractivity contribution is 0.546. The third-order valence-corrected chi connectivity index (χ3v) is 3.41. The Bertz CT molecular complexity index is 206. The molecule has 0 saturated heterocycles. The highest BCUT2D eigenvalue weighted by Gasteiger charge is 2.01. The van der Waals surface area contributed by atoms with Crippen LogP contribution in [0, 0.1) is 5.92 Å². The van der Waals surface area contributed by atoms with Crippen molar-refractivity contribution >= 4 is 0 Å². The van der Waals surface area contributed by atoms with Crippen LogP contribution in [-0.4, -0.2) is 13.1 Å². The maximum absolute atomic E-state index is 3.54. The van der Waals surface area contributed by atoms with E-state index in [-0.39, 0.29) is 0 Å². The molecule has 1 nitrogen and oxygen atoms in total. The van der Waals surface area contributed by atoms with Crippen LogP contribution in [0.3, 0.4) is 0 Å². The highest BCUT2D eigenvalue weighted by molar-refractivity contribution is 5.17. The first-order valence-electron chi connectivity index (χ1n) is 7.49. The predicted molar refractivity (Wildman–Crippen MR) is 77.2 cm³/mol. The summed E-state index contributed by atoms with van der Waals surface area (Å²) in [5.41, 5.74) is 0. The van der Waals surface area contributed by atoms with E-state index in [1.165, 1.54) is 57.9 Å². The van der Waals surface area contributed by atoms with Gasteiger partial charge in [-0.1, -0.05) is 76.2 Å². The number of rotatable bonds is 11. The summed E-state index contributed by atoms with van der Waals surface area (Å²) >= 11 is 0. The number of nitrogens with one attached hydrogen (secondary N) is 1. The Morgan fingerprint density at radius 2 is 1.41 bits per heavy atom. The standard InChI is InChI=1S/C16H29N/c1-2-3-4-5-6-7-8-11-14-17-15-16-12-9-10-13-16/h9-10,12-13,16-17H,2-8,11,14-15H2,1H3. The van der Waals surface area contributed by atoms with Gasteiger partial charge in [-0.15, -0.1) is 0 Å². The fraction of sp³-hybridized carbons (Fsp3) is 0.750. The molecule has 0 aromatic carbocycles. The Balaban J connectivity index is 1.72. The summed E-state index contributed by atoms with van der Waals surface area (Å²) in [4.78, 5) is 0. The molecular weight excluding hydrogens is 206 g/mol. The molecule has 0 aromatic rings. The highest BCUT2D eigenvalue weighted by atomic mass is 14.8. The third kappa shape index (κ3) is 8.20. The van der Waals surface area contributed by atoms with Crippen LogP contribution >= 0.6 is 0 Å². The number of hydrogen-bond donors (Lipinski definition) is 1. The van der Waals surface area contributed by atoms with Crippen LogP contribution in [0.4, 0.5) is 0 Å². The Morgan fingerprint density at radius 3 is 2.06 bits per heavy atom. The largest absolute Gasteiger partial charge is 0.316 e. The van der Waals surface area contributed by atoms with Crippen molar-refractivity contribution in [2.75, 3.05) is 13.1 Å². The van der Waals surface area contributed by atoms with E-state index in [1.807, 2.05) is 0 Å². The Labute approximate surface area is 107 Å². The zero-order chi connectivity index (χ0) is 12.2. The molecule has 0 bridgehead atoms. The molecule has 0 atom stereocenters. The third-order valence-electron chi connectivity index (χ3n) is 3.41. The van der Waals surface area contributed by atoms with Gasteiger partial charge in [0.15, 0.2) is 0 Å². The van der Waals surface area contributed by atoms with Crippen molar-refractivity contribution in [2.24, 2.45) is 5.92 Å². The first-order chi connectivity index (χ1) is 8.43. The van der Waals surface area contributed by atoms with Gasteiger partial charge in [0, 0.05) is 12.5 Å². The SMILES string of the molecule is CCCCCCCCCCNCC1C=CC=C1. The number of hydrogen-bond acceptors (Lipinski definition) is 1. The monoisotopic (exact) mass is 235 g/mol. The van der Waals surface area contributed by atoms with Gasteiger partial charge in [0.25, 0.3) is 0 Å². The van der Waals surface area contributed by atoms with Crippen LogP contribution in [0.25, 0.3) is 0 Å². The summed E-state index contributed by atoms with van der Waals surface area (Å²) in [6, 6.07) is 0.